The minimum atomic E-state index is -0.664. The Hall–Kier alpha value is -1.39. The van der Waals surface area contributed by atoms with Gasteiger partial charge in [-0.2, -0.15) is 0 Å². The third-order valence-electron chi connectivity index (χ3n) is 4.63. The molecular formula is C18H25NO3. The van der Waals surface area contributed by atoms with E-state index in [9.17, 15) is 4.79 Å². The number of aryl methyl sites for hydroxylation is 1. The fourth-order valence-electron chi connectivity index (χ4n) is 3.42. The first-order valence-corrected chi connectivity index (χ1v) is 8.34. The molecule has 0 unspecified atom stereocenters. The number of rotatable bonds is 4. The first kappa shape index (κ1) is 15.5. The van der Waals surface area contributed by atoms with E-state index in [1.807, 2.05) is 30.0 Å². The second kappa shape index (κ2) is 6.39. The third kappa shape index (κ3) is 2.77. The van der Waals surface area contributed by atoms with Crippen molar-refractivity contribution < 1.29 is 14.3 Å². The van der Waals surface area contributed by atoms with Crippen molar-refractivity contribution in [3.8, 4) is 0 Å². The van der Waals surface area contributed by atoms with Gasteiger partial charge in [-0.05, 0) is 31.4 Å². The summed E-state index contributed by atoms with van der Waals surface area (Å²) < 4.78 is 11.8. The molecule has 3 rings (SSSR count). The highest BCUT2D eigenvalue weighted by molar-refractivity contribution is 5.96. The zero-order valence-electron chi connectivity index (χ0n) is 13.6. The Morgan fingerprint density at radius 1 is 1.23 bits per heavy atom. The van der Waals surface area contributed by atoms with Crippen molar-refractivity contribution in [2.75, 3.05) is 26.3 Å². The largest absolute Gasteiger partial charge is 0.343 e. The molecule has 0 bridgehead atoms. The predicted octanol–water partition coefficient (Wildman–Crippen LogP) is 3.23. The van der Waals surface area contributed by atoms with Gasteiger partial charge >= 0.3 is 0 Å². The summed E-state index contributed by atoms with van der Waals surface area (Å²) in [5.74, 6) is -0.524. The second-order valence-electron chi connectivity index (χ2n) is 6.23. The summed E-state index contributed by atoms with van der Waals surface area (Å²) in [5, 5.41) is 0. The van der Waals surface area contributed by atoms with Crippen LogP contribution < -0.4 is 0 Å². The van der Waals surface area contributed by atoms with Crippen molar-refractivity contribution in [3.63, 3.8) is 0 Å². The molecule has 120 valence electrons. The molecule has 0 aliphatic carbocycles. The van der Waals surface area contributed by atoms with E-state index in [1.54, 1.807) is 0 Å². The Morgan fingerprint density at radius 3 is 2.55 bits per heavy atom. The summed E-state index contributed by atoms with van der Waals surface area (Å²) in [5.41, 5.74) is 2.78. The smallest absolute Gasteiger partial charge is 0.254 e. The van der Waals surface area contributed by atoms with Crippen molar-refractivity contribution in [2.45, 2.75) is 45.3 Å². The number of amides is 1. The maximum absolute atomic E-state index is 12.7. The van der Waals surface area contributed by atoms with Crippen LogP contribution in [-0.2, 0) is 15.3 Å². The third-order valence-corrected chi connectivity index (χ3v) is 4.63. The Kier molecular flexibility index (Phi) is 4.50. The van der Waals surface area contributed by atoms with Crippen molar-refractivity contribution >= 4 is 5.91 Å². The van der Waals surface area contributed by atoms with E-state index in [4.69, 9.17) is 9.47 Å². The van der Waals surface area contributed by atoms with Crippen LogP contribution in [-0.4, -0.2) is 37.1 Å². The zero-order chi connectivity index (χ0) is 15.6. The Morgan fingerprint density at radius 2 is 1.91 bits per heavy atom. The van der Waals surface area contributed by atoms with Gasteiger partial charge in [-0.15, -0.1) is 0 Å². The fraction of sp³-hybridized carbons (Fsp3) is 0.611. The lowest BCUT2D eigenvalue weighted by Gasteiger charge is -2.28. The van der Waals surface area contributed by atoms with Crippen LogP contribution in [0.1, 0.15) is 54.1 Å². The van der Waals surface area contributed by atoms with Crippen LogP contribution >= 0.6 is 0 Å². The van der Waals surface area contributed by atoms with Crippen LogP contribution in [0.15, 0.2) is 18.2 Å². The molecule has 1 amide bonds. The van der Waals surface area contributed by atoms with E-state index < -0.39 is 5.79 Å². The van der Waals surface area contributed by atoms with Crippen molar-refractivity contribution in [3.05, 3.63) is 34.9 Å². The SMILES string of the molecule is CCCC1(c2ccc(C)c(C(=O)N3CCCC3)c2)OCCO1. The van der Waals surface area contributed by atoms with E-state index in [0.29, 0.717) is 13.2 Å². The van der Waals surface area contributed by atoms with E-state index in [-0.39, 0.29) is 5.91 Å². The minimum absolute atomic E-state index is 0.140. The van der Waals surface area contributed by atoms with E-state index >= 15 is 0 Å². The van der Waals surface area contributed by atoms with Gasteiger partial charge in [0.05, 0.1) is 13.2 Å². The summed E-state index contributed by atoms with van der Waals surface area (Å²) in [6, 6.07) is 6.04. The molecule has 2 aliphatic rings. The highest BCUT2D eigenvalue weighted by Crippen LogP contribution is 2.37. The Balaban J connectivity index is 1.93. The Labute approximate surface area is 132 Å². The van der Waals surface area contributed by atoms with Crippen LogP contribution in [0.2, 0.25) is 0 Å². The molecule has 0 aromatic heterocycles. The van der Waals surface area contributed by atoms with Gasteiger partial charge < -0.3 is 14.4 Å². The van der Waals surface area contributed by atoms with E-state index in [2.05, 4.69) is 6.92 Å². The number of carbonyl (C=O) groups excluding carboxylic acids is 1. The monoisotopic (exact) mass is 303 g/mol. The lowest BCUT2D eigenvalue weighted by atomic mass is 9.96. The van der Waals surface area contributed by atoms with Gasteiger partial charge in [0.15, 0.2) is 5.79 Å². The first-order valence-electron chi connectivity index (χ1n) is 8.34. The topological polar surface area (TPSA) is 38.8 Å². The molecule has 2 fully saturated rings. The van der Waals surface area contributed by atoms with Crippen molar-refractivity contribution in [2.24, 2.45) is 0 Å². The molecule has 2 aliphatic heterocycles. The van der Waals surface area contributed by atoms with Crippen LogP contribution in [0.25, 0.3) is 0 Å². The summed E-state index contributed by atoms with van der Waals surface area (Å²) >= 11 is 0. The quantitative estimate of drug-likeness (QED) is 0.857. The van der Waals surface area contributed by atoms with Gasteiger partial charge in [0.25, 0.3) is 5.91 Å². The molecule has 0 atom stereocenters. The number of nitrogens with zero attached hydrogens (tertiary/aromatic N) is 1. The molecule has 4 nitrogen and oxygen atoms in total. The molecule has 4 heteroatoms. The number of ether oxygens (including phenoxy) is 2. The molecule has 22 heavy (non-hydrogen) atoms. The lowest BCUT2D eigenvalue weighted by Crippen LogP contribution is -2.30. The van der Waals surface area contributed by atoms with E-state index in [1.165, 1.54) is 0 Å². The van der Waals surface area contributed by atoms with Gasteiger partial charge in [0.2, 0.25) is 0 Å². The zero-order valence-corrected chi connectivity index (χ0v) is 13.6. The standard InChI is InChI=1S/C18H25NO3/c1-3-8-18(21-11-12-22-18)15-7-6-14(2)16(13-15)17(20)19-9-4-5-10-19/h6-7,13H,3-5,8-12H2,1-2H3. The van der Waals surface area contributed by atoms with Crippen LogP contribution in [0.5, 0.6) is 0 Å². The van der Waals surface area contributed by atoms with Gasteiger partial charge in [-0.25, -0.2) is 0 Å². The molecule has 0 radical (unpaired) electrons. The summed E-state index contributed by atoms with van der Waals surface area (Å²) in [7, 11) is 0. The highest BCUT2D eigenvalue weighted by Gasteiger charge is 2.38. The second-order valence-corrected chi connectivity index (χ2v) is 6.23. The Bertz CT molecular complexity index is 543. The summed E-state index contributed by atoms with van der Waals surface area (Å²) in [6.45, 7) is 7.09. The van der Waals surface area contributed by atoms with Crippen molar-refractivity contribution in [1.29, 1.82) is 0 Å². The summed E-state index contributed by atoms with van der Waals surface area (Å²) in [6.07, 6.45) is 4.00. The van der Waals surface area contributed by atoms with Gasteiger partial charge in [-0.1, -0.05) is 25.5 Å². The van der Waals surface area contributed by atoms with Crippen LogP contribution in [0.4, 0.5) is 0 Å². The fourth-order valence-corrected chi connectivity index (χ4v) is 3.42. The normalized spacial score (nSPS) is 20.5. The maximum atomic E-state index is 12.7. The average Bonchev–Trinajstić information content (AvgIpc) is 3.19. The molecular weight excluding hydrogens is 278 g/mol. The van der Waals surface area contributed by atoms with Gasteiger partial charge in [-0.3, -0.25) is 4.79 Å². The van der Waals surface area contributed by atoms with Crippen LogP contribution in [0, 0.1) is 6.92 Å². The molecule has 2 saturated heterocycles. The molecule has 2 heterocycles. The highest BCUT2D eigenvalue weighted by atomic mass is 16.7. The molecule has 1 aromatic rings. The average molecular weight is 303 g/mol. The minimum Gasteiger partial charge on any atom is -0.343 e. The van der Waals surface area contributed by atoms with Gasteiger partial charge in [0.1, 0.15) is 0 Å². The molecule has 0 N–H and O–H groups in total. The molecule has 0 saturated carbocycles. The molecule has 1 aromatic carbocycles. The first-order chi connectivity index (χ1) is 10.7. The summed E-state index contributed by atoms with van der Waals surface area (Å²) in [4.78, 5) is 14.7. The van der Waals surface area contributed by atoms with Crippen molar-refractivity contribution in [1.82, 2.24) is 4.90 Å². The van der Waals surface area contributed by atoms with Crippen LogP contribution in [0.3, 0.4) is 0 Å². The number of hydrogen-bond acceptors (Lipinski definition) is 3. The molecule has 0 spiro atoms. The van der Waals surface area contributed by atoms with Gasteiger partial charge in [0, 0.05) is 30.6 Å². The predicted molar refractivity (Wildman–Crippen MR) is 84.8 cm³/mol. The van der Waals surface area contributed by atoms with E-state index in [0.717, 1.165) is 55.5 Å². The number of likely N-dealkylation sites (tertiary alicyclic amines) is 1. The number of benzene rings is 1. The number of hydrogen-bond donors (Lipinski definition) is 0. The number of carbonyl (C=O) groups is 1. The lowest BCUT2D eigenvalue weighted by molar-refractivity contribution is -0.171. The maximum Gasteiger partial charge on any atom is 0.254 e.